The summed E-state index contributed by atoms with van der Waals surface area (Å²) in [6.07, 6.45) is -4.42. The molecule has 0 aliphatic heterocycles. The van der Waals surface area contributed by atoms with Crippen LogP contribution >= 0.6 is 11.6 Å². The summed E-state index contributed by atoms with van der Waals surface area (Å²) in [6, 6.07) is 2.17. The molecule has 0 N–H and O–H groups in total. The highest BCUT2D eigenvalue weighted by molar-refractivity contribution is 6.30. The normalized spacial score (nSPS) is 10.5. The maximum Gasteiger partial charge on any atom is 0.433 e. The fourth-order valence-corrected chi connectivity index (χ4v) is 1.03. The highest BCUT2D eigenvalue weighted by Crippen LogP contribution is 2.29. The zero-order valence-electron chi connectivity index (χ0n) is 8.11. The molecule has 0 radical (unpaired) electrons. The van der Waals surface area contributed by atoms with Gasteiger partial charge in [-0.15, -0.1) is 0 Å². The first-order chi connectivity index (χ1) is 6.39. The summed E-state index contributed by atoms with van der Waals surface area (Å²) in [4.78, 5) is 3.30. The minimum Gasteiger partial charge on any atom is -0.249 e. The van der Waals surface area contributed by atoms with Crippen molar-refractivity contribution >= 4 is 11.6 Å². The number of aromatic nitrogens is 1. The van der Waals surface area contributed by atoms with E-state index in [1.165, 1.54) is 13.0 Å². The molecule has 0 saturated carbocycles. The summed E-state index contributed by atoms with van der Waals surface area (Å²) < 4.78 is 36.1. The molecule has 0 unspecified atom stereocenters. The molecule has 0 aromatic carbocycles. The topological polar surface area (TPSA) is 12.9 Å². The molecule has 1 nitrogen and oxygen atoms in total. The first kappa shape index (κ1) is 13.2. The van der Waals surface area contributed by atoms with Crippen molar-refractivity contribution in [3.63, 3.8) is 0 Å². The van der Waals surface area contributed by atoms with Crippen molar-refractivity contribution in [3.8, 4) is 0 Å². The van der Waals surface area contributed by atoms with Gasteiger partial charge in [-0.05, 0) is 19.1 Å². The fourth-order valence-electron chi connectivity index (χ4n) is 0.772. The van der Waals surface area contributed by atoms with Crippen molar-refractivity contribution < 1.29 is 13.2 Å². The third-order valence-corrected chi connectivity index (χ3v) is 1.43. The predicted octanol–water partition coefficient (Wildman–Crippen LogP) is 4.09. The van der Waals surface area contributed by atoms with E-state index in [0.29, 0.717) is 0 Å². The quantitative estimate of drug-likeness (QED) is 0.648. The molecule has 5 heteroatoms. The van der Waals surface area contributed by atoms with Crippen LogP contribution < -0.4 is 0 Å². The molecule has 80 valence electrons. The van der Waals surface area contributed by atoms with E-state index >= 15 is 0 Å². The van der Waals surface area contributed by atoms with Gasteiger partial charge < -0.3 is 0 Å². The fraction of sp³-hybridized carbons (Fsp3) is 0.444. The summed E-state index contributed by atoms with van der Waals surface area (Å²) in [5.41, 5.74) is -0.692. The van der Waals surface area contributed by atoms with Gasteiger partial charge in [0.05, 0.1) is 0 Å². The van der Waals surface area contributed by atoms with Crippen molar-refractivity contribution in [1.82, 2.24) is 4.98 Å². The molecule has 14 heavy (non-hydrogen) atoms. The lowest BCUT2D eigenvalue weighted by Gasteiger charge is -2.06. The third kappa shape index (κ3) is 3.96. The molecule has 1 aromatic heterocycles. The van der Waals surface area contributed by atoms with E-state index in [2.05, 4.69) is 4.98 Å². The highest BCUT2D eigenvalue weighted by atomic mass is 35.5. The lowest BCUT2D eigenvalue weighted by Crippen LogP contribution is -2.08. The molecule has 0 fully saturated rings. The van der Waals surface area contributed by atoms with Crippen LogP contribution in [-0.2, 0) is 6.18 Å². The Morgan fingerprint density at radius 3 is 2.07 bits per heavy atom. The van der Waals surface area contributed by atoms with Gasteiger partial charge in [0.15, 0.2) is 0 Å². The van der Waals surface area contributed by atoms with Gasteiger partial charge in [0.25, 0.3) is 0 Å². The van der Waals surface area contributed by atoms with Gasteiger partial charge in [-0.3, -0.25) is 0 Å². The van der Waals surface area contributed by atoms with Crippen molar-refractivity contribution in [2.24, 2.45) is 0 Å². The van der Waals surface area contributed by atoms with Gasteiger partial charge in [0.2, 0.25) is 0 Å². The van der Waals surface area contributed by atoms with Crippen LogP contribution in [0.15, 0.2) is 12.1 Å². The van der Waals surface area contributed by atoms with Crippen LogP contribution in [-0.4, -0.2) is 4.98 Å². The SMILES string of the molecule is CC.Cc1cc(Cl)cc(C(F)(F)F)n1. The number of nitrogens with zero attached hydrogens (tertiary/aromatic N) is 1. The Morgan fingerprint density at radius 1 is 1.21 bits per heavy atom. The van der Waals surface area contributed by atoms with Crippen LogP contribution in [0, 0.1) is 6.92 Å². The summed E-state index contributed by atoms with van der Waals surface area (Å²) in [7, 11) is 0. The molecule has 1 rings (SSSR count). The standard InChI is InChI=1S/C7H5ClF3N.C2H6/c1-4-2-5(8)3-6(12-4)7(9,10)11;1-2/h2-3H,1H3;1-2H3. The summed E-state index contributed by atoms with van der Waals surface area (Å²) >= 11 is 5.42. The van der Waals surface area contributed by atoms with Crippen LogP contribution in [0.25, 0.3) is 0 Å². The molecular formula is C9H11ClF3N. The predicted molar refractivity (Wildman–Crippen MR) is 50.3 cm³/mol. The lowest BCUT2D eigenvalue weighted by molar-refractivity contribution is -0.141. The first-order valence-electron chi connectivity index (χ1n) is 4.11. The summed E-state index contributed by atoms with van der Waals surface area (Å²) in [5, 5.41) is 0.0508. The number of rotatable bonds is 0. The zero-order valence-corrected chi connectivity index (χ0v) is 8.87. The minimum absolute atomic E-state index is 0.0508. The number of alkyl halides is 3. The second-order valence-electron chi connectivity index (χ2n) is 2.31. The number of halogens is 4. The lowest BCUT2D eigenvalue weighted by atomic mass is 10.3. The molecule has 1 heterocycles. The molecule has 0 saturated heterocycles. The van der Waals surface area contributed by atoms with Crippen LogP contribution in [0.4, 0.5) is 13.2 Å². The van der Waals surface area contributed by atoms with Gasteiger partial charge in [0.1, 0.15) is 5.69 Å². The number of pyridine rings is 1. The molecule has 0 spiro atoms. The Balaban J connectivity index is 0.000000791. The Labute approximate surface area is 85.9 Å². The van der Waals surface area contributed by atoms with Gasteiger partial charge in [0, 0.05) is 10.7 Å². The van der Waals surface area contributed by atoms with Gasteiger partial charge in [-0.2, -0.15) is 13.2 Å². The van der Waals surface area contributed by atoms with Crippen LogP contribution in [0.2, 0.25) is 5.02 Å². The third-order valence-electron chi connectivity index (χ3n) is 1.21. The smallest absolute Gasteiger partial charge is 0.249 e. The van der Waals surface area contributed by atoms with E-state index in [1.807, 2.05) is 13.8 Å². The molecular weight excluding hydrogens is 215 g/mol. The number of hydrogen-bond acceptors (Lipinski definition) is 1. The Bertz CT molecular complexity index is 276. The Kier molecular flexibility index (Phi) is 4.91. The summed E-state index contributed by atoms with van der Waals surface area (Å²) in [6.45, 7) is 5.46. The van der Waals surface area contributed by atoms with Crippen molar-refractivity contribution in [1.29, 1.82) is 0 Å². The molecule has 0 atom stereocenters. The second-order valence-corrected chi connectivity index (χ2v) is 2.75. The van der Waals surface area contributed by atoms with E-state index < -0.39 is 11.9 Å². The second kappa shape index (κ2) is 5.20. The van der Waals surface area contributed by atoms with Gasteiger partial charge in [-0.1, -0.05) is 25.4 Å². The van der Waals surface area contributed by atoms with Crippen LogP contribution in [0.5, 0.6) is 0 Å². The monoisotopic (exact) mass is 225 g/mol. The van der Waals surface area contributed by atoms with E-state index in [9.17, 15) is 13.2 Å². The maximum absolute atomic E-state index is 12.0. The number of aryl methyl sites for hydroxylation is 1. The highest BCUT2D eigenvalue weighted by Gasteiger charge is 2.32. The van der Waals surface area contributed by atoms with Crippen molar-refractivity contribution in [2.75, 3.05) is 0 Å². The van der Waals surface area contributed by atoms with Crippen LogP contribution in [0.3, 0.4) is 0 Å². The number of hydrogen-bond donors (Lipinski definition) is 0. The largest absolute Gasteiger partial charge is 0.433 e. The van der Waals surface area contributed by atoms with Gasteiger partial charge in [-0.25, -0.2) is 4.98 Å². The van der Waals surface area contributed by atoms with E-state index in [-0.39, 0.29) is 10.7 Å². The maximum atomic E-state index is 12.0. The summed E-state index contributed by atoms with van der Waals surface area (Å²) in [5.74, 6) is 0. The first-order valence-corrected chi connectivity index (χ1v) is 4.49. The van der Waals surface area contributed by atoms with E-state index in [4.69, 9.17) is 11.6 Å². The van der Waals surface area contributed by atoms with E-state index in [1.54, 1.807) is 0 Å². The van der Waals surface area contributed by atoms with Crippen molar-refractivity contribution in [3.05, 3.63) is 28.5 Å². The average molecular weight is 226 g/mol. The van der Waals surface area contributed by atoms with Gasteiger partial charge >= 0.3 is 6.18 Å². The molecule has 0 amide bonds. The van der Waals surface area contributed by atoms with E-state index in [0.717, 1.165) is 6.07 Å². The van der Waals surface area contributed by atoms with Crippen LogP contribution in [0.1, 0.15) is 25.2 Å². The molecule has 1 aromatic rings. The molecule has 0 bridgehead atoms. The van der Waals surface area contributed by atoms with Crippen molar-refractivity contribution in [2.45, 2.75) is 26.9 Å². The Morgan fingerprint density at radius 2 is 1.71 bits per heavy atom. The molecule has 0 aliphatic rings. The Hall–Kier alpha value is -0.770. The molecule has 0 aliphatic carbocycles. The average Bonchev–Trinajstić information content (AvgIpc) is 2.04. The minimum atomic E-state index is -4.42. The zero-order chi connectivity index (χ0) is 11.4.